The van der Waals surface area contributed by atoms with Crippen molar-refractivity contribution >= 4 is 29.0 Å². The number of ketones is 1. The number of anilines is 1. The first-order chi connectivity index (χ1) is 13.7. The first-order valence-electron chi connectivity index (χ1n) is 10.2. The highest BCUT2D eigenvalue weighted by atomic mass is 35.5. The van der Waals surface area contributed by atoms with E-state index in [2.05, 4.69) is 15.8 Å². The summed E-state index contributed by atoms with van der Waals surface area (Å²) >= 11 is 0. The zero-order valence-electron chi connectivity index (χ0n) is 20.1. The molecule has 7 nitrogen and oxygen atoms in total. The van der Waals surface area contributed by atoms with Gasteiger partial charge >= 0.3 is 0 Å². The second-order valence-corrected chi connectivity index (χ2v) is 9.86. The summed E-state index contributed by atoms with van der Waals surface area (Å²) in [6.45, 7) is 9.80. The Hall–Kier alpha value is -2.25. The van der Waals surface area contributed by atoms with Gasteiger partial charge in [-0.3, -0.25) is 14.4 Å². The van der Waals surface area contributed by atoms with Gasteiger partial charge in [0.2, 0.25) is 5.91 Å². The van der Waals surface area contributed by atoms with Crippen LogP contribution < -0.4 is 23.1 Å². The van der Waals surface area contributed by atoms with E-state index in [1.165, 1.54) is 0 Å². The maximum Gasteiger partial charge on any atom is 0.295 e. The van der Waals surface area contributed by atoms with Crippen molar-refractivity contribution < 1.29 is 31.3 Å². The third-order valence-electron chi connectivity index (χ3n) is 4.59. The third-order valence-corrected chi connectivity index (χ3v) is 4.59. The molecule has 1 rings (SSSR count). The van der Waals surface area contributed by atoms with Crippen LogP contribution in [0.4, 0.5) is 5.69 Å². The van der Waals surface area contributed by atoms with Gasteiger partial charge in [0.05, 0.1) is 21.1 Å². The molecular formula is C23H37ClN4O3. The van der Waals surface area contributed by atoms with Crippen molar-refractivity contribution in [3.63, 3.8) is 0 Å². The van der Waals surface area contributed by atoms with Gasteiger partial charge in [-0.1, -0.05) is 26.8 Å². The number of nitrogens with zero attached hydrogens (tertiary/aromatic N) is 2. The van der Waals surface area contributed by atoms with Gasteiger partial charge in [-0.25, -0.2) is 5.43 Å². The van der Waals surface area contributed by atoms with Gasteiger partial charge in [-0.2, -0.15) is 5.10 Å². The zero-order chi connectivity index (χ0) is 23.1. The van der Waals surface area contributed by atoms with Crippen LogP contribution in [0, 0.1) is 19.3 Å². The van der Waals surface area contributed by atoms with Crippen molar-refractivity contribution in [1.29, 1.82) is 0 Å². The molecule has 0 fully saturated rings. The van der Waals surface area contributed by atoms with Crippen molar-refractivity contribution in [3.8, 4) is 0 Å². The summed E-state index contributed by atoms with van der Waals surface area (Å²) < 4.78 is 0.468. The summed E-state index contributed by atoms with van der Waals surface area (Å²) in [5.74, 6) is -0.383. The molecule has 2 amide bonds. The number of Topliss-reactive ketones (excluding diaryl/α,β-unsaturated/α-hetero) is 1. The number of hydrogen-bond acceptors (Lipinski definition) is 4. The summed E-state index contributed by atoms with van der Waals surface area (Å²) in [6, 6.07) is 5.75. The molecule has 0 aliphatic heterocycles. The number of likely N-dealkylation sites (N-methyl/N-ethyl adjacent to an activating group) is 1. The monoisotopic (exact) mass is 452 g/mol. The van der Waals surface area contributed by atoms with Gasteiger partial charge < -0.3 is 22.2 Å². The van der Waals surface area contributed by atoms with Gasteiger partial charge in [-0.15, -0.1) is 0 Å². The minimum Gasteiger partial charge on any atom is -1.00 e. The smallest absolute Gasteiger partial charge is 0.295 e. The lowest BCUT2D eigenvalue weighted by atomic mass is 9.87. The number of hydrazone groups is 1. The van der Waals surface area contributed by atoms with Crippen LogP contribution in [-0.2, 0) is 14.4 Å². The maximum atomic E-state index is 12.5. The molecule has 0 aromatic heterocycles. The molecule has 1 aromatic rings. The molecule has 0 aliphatic carbocycles. The molecule has 0 radical (unpaired) electrons. The van der Waals surface area contributed by atoms with E-state index in [4.69, 9.17) is 0 Å². The molecule has 0 bridgehead atoms. The zero-order valence-corrected chi connectivity index (χ0v) is 20.8. The first-order valence-corrected chi connectivity index (χ1v) is 10.2. The SMILES string of the molecule is Cc1ccc(NC(=O)CCC(CC(=O)C(C)(C)C)=NNC(=O)C[N+](C)(C)C)cc1C.[Cl-]. The Morgan fingerprint density at radius 3 is 2.10 bits per heavy atom. The average Bonchev–Trinajstić information content (AvgIpc) is 2.58. The molecule has 0 atom stereocenters. The van der Waals surface area contributed by atoms with Crippen LogP contribution in [-0.4, -0.2) is 55.5 Å². The predicted octanol–water partition coefficient (Wildman–Crippen LogP) is 0.210. The third kappa shape index (κ3) is 11.6. The Balaban J connectivity index is 0.00000900. The quantitative estimate of drug-likeness (QED) is 0.319. The van der Waals surface area contributed by atoms with Gasteiger partial charge in [0, 0.05) is 29.7 Å². The summed E-state index contributed by atoms with van der Waals surface area (Å²) in [7, 11) is 5.72. The molecule has 0 saturated heterocycles. The number of quaternary nitrogens is 1. The van der Waals surface area contributed by atoms with Crippen LogP contribution in [0.2, 0.25) is 0 Å². The highest BCUT2D eigenvalue weighted by Crippen LogP contribution is 2.18. The fourth-order valence-corrected chi connectivity index (χ4v) is 2.54. The van der Waals surface area contributed by atoms with E-state index in [1.807, 2.05) is 74.0 Å². The molecule has 0 heterocycles. The second kappa shape index (κ2) is 12.0. The molecule has 1 aromatic carbocycles. The van der Waals surface area contributed by atoms with Crippen molar-refractivity contribution in [2.45, 2.75) is 53.9 Å². The Morgan fingerprint density at radius 2 is 1.58 bits per heavy atom. The number of benzene rings is 1. The van der Waals surface area contributed by atoms with E-state index in [0.717, 1.165) is 16.8 Å². The number of halogens is 1. The fourth-order valence-electron chi connectivity index (χ4n) is 2.54. The van der Waals surface area contributed by atoms with Crippen LogP contribution in [0.3, 0.4) is 0 Å². The molecule has 0 unspecified atom stereocenters. The predicted molar refractivity (Wildman–Crippen MR) is 121 cm³/mol. The fraction of sp³-hybridized carbons (Fsp3) is 0.565. The van der Waals surface area contributed by atoms with Crippen molar-refractivity contribution in [2.24, 2.45) is 10.5 Å². The topological polar surface area (TPSA) is 87.6 Å². The highest BCUT2D eigenvalue weighted by Gasteiger charge is 2.23. The molecule has 31 heavy (non-hydrogen) atoms. The van der Waals surface area contributed by atoms with E-state index in [1.54, 1.807) is 0 Å². The van der Waals surface area contributed by atoms with E-state index in [-0.39, 0.29) is 49.4 Å². The lowest BCUT2D eigenvalue weighted by molar-refractivity contribution is -0.862. The molecule has 0 spiro atoms. The Bertz CT molecular complexity index is 821. The van der Waals surface area contributed by atoms with Crippen LogP contribution in [0.1, 0.15) is 51.2 Å². The summed E-state index contributed by atoms with van der Waals surface area (Å²) in [5.41, 5.74) is 5.52. The lowest BCUT2D eigenvalue weighted by Gasteiger charge is -2.22. The summed E-state index contributed by atoms with van der Waals surface area (Å²) in [6.07, 6.45) is 0.572. The van der Waals surface area contributed by atoms with Crippen molar-refractivity contribution in [1.82, 2.24) is 5.43 Å². The molecule has 0 aliphatic rings. The van der Waals surface area contributed by atoms with E-state index >= 15 is 0 Å². The molecular weight excluding hydrogens is 416 g/mol. The minimum atomic E-state index is -0.519. The number of aryl methyl sites for hydroxylation is 2. The number of amides is 2. The lowest BCUT2D eigenvalue weighted by Crippen LogP contribution is -3.00. The van der Waals surface area contributed by atoms with Gasteiger partial charge in [-0.05, 0) is 43.5 Å². The van der Waals surface area contributed by atoms with E-state index in [0.29, 0.717) is 16.6 Å². The van der Waals surface area contributed by atoms with Crippen LogP contribution in [0.5, 0.6) is 0 Å². The number of carbonyl (C=O) groups excluding carboxylic acids is 3. The van der Waals surface area contributed by atoms with Crippen LogP contribution in [0.15, 0.2) is 23.3 Å². The molecule has 0 saturated carbocycles. The number of rotatable bonds is 9. The van der Waals surface area contributed by atoms with Gasteiger partial charge in [0.15, 0.2) is 6.54 Å². The normalized spacial score (nSPS) is 12.1. The largest absolute Gasteiger partial charge is 1.00 e. The number of carbonyl (C=O) groups is 3. The number of nitrogens with one attached hydrogen (secondary N) is 2. The summed E-state index contributed by atoms with van der Waals surface area (Å²) in [5, 5.41) is 7.05. The molecule has 174 valence electrons. The second-order valence-electron chi connectivity index (χ2n) is 9.86. The van der Waals surface area contributed by atoms with Crippen molar-refractivity contribution in [2.75, 3.05) is 33.0 Å². The Morgan fingerprint density at radius 1 is 0.968 bits per heavy atom. The first kappa shape index (κ1) is 28.8. The van der Waals surface area contributed by atoms with Crippen LogP contribution in [0.25, 0.3) is 0 Å². The highest BCUT2D eigenvalue weighted by molar-refractivity contribution is 6.05. The van der Waals surface area contributed by atoms with E-state index in [9.17, 15) is 14.4 Å². The van der Waals surface area contributed by atoms with Crippen molar-refractivity contribution in [3.05, 3.63) is 29.3 Å². The van der Waals surface area contributed by atoms with Gasteiger partial charge in [0.1, 0.15) is 5.78 Å². The van der Waals surface area contributed by atoms with Crippen LogP contribution >= 0.6 is 0 Å². The molecule has 8 heteroatoms. The van der Waals surface area contributed by atoms with E-state index < -0.39 is 5.41 Å². The maximum absolute atomic E-state index is 12.5. The Labute approximate surface area is 192 Å². The average molecular weight is 453 g/mol. The standard InChI is InChI=1S/C23H36N4O3.ClH/c1-16-9-10-18(13-17(16)2)24-21(29)12-11-19(14-20(28)23(3,4)5)25-26-22(30)15-27(6,7)8;/h9-10,13H,11-12,14-15H2,1-8H3,(H-,24,26,29,30);1H. The molecule has 2 N–H and O–H groups in total. The summed E-state index contributed by atoms with van der Waals surface area (Å²) in [4.78, 5) is 36.9. The Kier molecular flexibility index (Phi) is 11.1. The minimum absolute atomic E-state index is 0. The van der Waals surface area contributed by atoms with Gasteiger partial charge in [0.25, 0.3) is 5.91 Å². The number of hydrogen-bond donors (Lipinski definition) is 2.